The van der Waals surface area contributed by atoms with E-state index in [2.05, 4.69) is 41.5 Å². The van der Waals surface area contributed by atoms with Gasteiger partial charge in [-0.15, -0.1) is 0 Å². The first-order valence-corrected chi connectivity index (χ1v) is 6.96. The highest BCUT2D eigenvalue weighted by Crippen LogP contribution is 2.27. The zero-order chi connectivity index (χ0) is 13.4. The zero-order valence-corrected chi connectivity index (χ0v) is 12.5. The standard InChI is InChI=1S/C15H31O2/c1-7-11-15(6,17-9-3)13-10-12-14(4,5)16-8-2/h1,7-13H2,2-6H3. The van der Waals surface area contributed by atoms with E-state index in [9.17, 15) is 0 Å². The van der Waals surface area contributed by atoms with Gasteiger partial charge in [-0.2, -0.15) is 0 Å². The summed E-state index contributed by atoms with van der Waals surface area (Å²) in [5.74, 6) is 0. The number of rotatable bonds is 10. The monoisotopic (exact) mass is 243 g/mol. The average Bonchev–Trinajstić information content (AvgIpc) is 2.17. The molecule has 0 aromatic carbocycles. The minimum Gasteiger partial charge on any atom is -0.376 e. The lowest BCUT2D eigenvalue weighted by Gasteiger charge is -2.31. The molecule has 0 saturated heterocycles. The molecule has 0 aliphatic rings. The zero-order valence-electron chi connectivity index (χ0n) is 12.5. The van der Waals surface area contributed by atoms with Crippen LogP contribution in [0.3, 0.4) is 0 Å². The molecule has 0 saturated carbocycles. The third-order valence-corrected chi connectivity index (χ3v) is 3.22. The molecule has 0 heterocycles. The molecule has 0 aliphatic carbocycles. The molecule has 1 atom stereocenters. The molecule has 1 radical (unpaired) electrons. The minimum atomic E-state index is -0.00760. The Morgan fingerprint density at radius 1 is 0.882 bits per heavy atom. The molecular weight excluding hydrogens is 212 g/mol. The first-order valence-electron chi connectivity index (χ1n) is 6.96. The molecule has 0 aromatic rings. The minimum absolute atomic E-state index is 0.00120. The van der Waals surface area contributed by atoms with Crippen LogP contribution in [0.1, 0.15) is 66.7 Å². The molecule has 17 heavy (non-hydrogen) atoms. The van der Waals surface area contributed by atoms with Crippen LogP contribution >= 0.6 is 0 Å². The van der Waals surface area contributed by atoms with Crippen LogP contribution in [0, 0.1) is 6.92 Å². The topological polar surface area (TPSA) is 18.5 Å². The van der Waals surface area contributed by atoms with Gasteiger partial charge in [-0.3, -0.25) is 0 Å². The lowest BCUT2D eigenvalue weighted by Crippen LogP contribution is -2.30. The Labute approximate surface area is 108 Å². The van der Waals surface area contributed by atoms with Crippen molar-refractivity contribution in [2.75, 3.05) is 13.2 Å². The van der Waals surface area contributed by atoms with Gasteiger partial charge in [-0.05, 0) is 60.3 Å². The van der Waals surface area contributed by atoms with Crippen molar-refractivity contribution in [3.8, 4) is 0 Å². The highest BCUT2D eigenvalue weighted by Gasteiger charge is 2.25. The van der Waals surface area contributed by atoms with Crippen LogP contribution in [0.4, 0.5) is 0 Å². The van der Waals surface area contributed by atoms with Crippen molar-refractivity contribution < 1.29 is 9.47 Å². The molecular formula is C15H31O2. The molecule has 0 amide bonds. The molecule has 2 heteroatoms. The second-order valence-electron chi connectivity index (χ2n) is 5.53. The molecule has 2 nitrogen and oxygen atoms in total. The number of hydrogen-bond donors (Lipinski definition) is 0. The van der Waals surface area contributed by atoms with E-state index in [-0.39, 0.29) is 11.2 Å². The van der Waals surface area contributed by atoms with Crippen LogP contribution in [0.15, 0.2) is 0 Å². The van der Waals surface area contributed by atoms with Crippen molar-refractivity contribution >= 4 is 0 Å². The Hall–Kier alpha value is -0.0800. The van der Waals surface area contributed by atoms with Gasteiger partial charge in [0, 0.05) is 13.2 Å². The van der Waals surface area contributed by atoms with Crippen molar-refractivity contribution in [3.05, 3.63) is 6.92 Å². The van der Waals surface area contributed by atoms with Crippen LogP contribution in [0.2, 0.25) is 0 Å². The van der Waals surface area contributed by atoms with Crippen LogP contribution in [-0.2, 0) is 9.47 Å². The second-order valence-corrected chi connectivity index (χ2v) is 5.53. The van der Waals surface area contributed by atoms with E-state index >= 15 is 0 Å². The fourth-order valence-electron chi connectivity index (χ4n) is 2.34. The van der Waals surface area contributed by atoms with Gasteiger partial charge in [-0.1, -0.05) is 13.3 Å². The summed E-state index contributed by atoms with van der Waals surface area (Å²) in [4.78, 5) is 0. The maximum Gasteiger partial charge on any atom is 0.0654 e. The quantitative estimate of drug-likeness (QED) is 0.567. The van der Waals surface area contributed by atoms with Crippen molar-refractivity contribution in [1.82, 2.24) is 0 Å². The Kier molecular flexibility index (Phi) is 8.06. The molecule has 0 bridgehead atoms. The second kappa shape index (κ2) is 8.10. The summed E-state index contributed by atoms with van der Waals surface area (Å²) in [5.41, 5.74) is -0.00880. The van der Waals surface area contributed by atoms with Gasteiger partial charge in [0.05, 0.1) is 11.2 Å². The van der Waals surface area contributed by atoms with Gasteiger partial charge in [0.15, 0.2) is 0 Å². The van der Waals surface area contributed by atoms with Gasteiger partial charge in [0.1, 0.15) is 0 Å². The van der Waals surface area contributed by atoms with E-state index in [1.807, 2.05) is 0 Å². The van der Waals surface area contributed by atoms with Crippen molar-refractivity contribution in [2.24, 2.45) is 0 Å². The van der Waals surface area contributed by atoms with E-state index < -0.39 is 0 Å². The molecule has 0 spiro atoms. The van der Waals surface area contributed by atoms with Crippen molar-refractivity contribution in [2.45, 2.75) is 77.9 Å². The van der Waals surface area contributed by atoms with Crippen LogP contribution in [-0.4, -0.2) is 24.4 Å². The van der Waals surface area contributed by atoms with Gasteiger partial charge >= 0.3 is 0 Å². The predicted molar refractivity (Wildman–Crippen MR) is 74.2 cm³/mol. The van der Waals surface area contributed by atoms with Crippen molar-refractivity contribution in [3.63, 3.8) is 0 Å². The Morgan fingerprint density at radius 3 is 1.94 bits per heavy atom. The molecule has 103 valence electrons. The highest BCUT2D eigenvalue weighted by molar-refractivity contribution is 4.78. The third-order valence-electron chi connectivity index (χ3n) is 3.22. The van der Waals surface area contributed by atoms with Gasteiger partial charge in [0.2, 0.25) is 0 Å². The molecule has 0 fully saturated rings. The first kappa shape index (κ1) is 16.9. The number of hydrogen-bond acceptors (Lipinski definition) is 2. The molecule has 0 aromatic heterocycles. The van der Waals surface area contributed by atoms with E-state index in [1.165, 1.54) is 0 Å². The number of ether oxygens (including phenoxy) is 2. The largest absolute Gasteiger partial charge is 0.376 e. The van der Waals surface area contributed by atoms with Crippen LogP contribution < -0.4 is 0 Å². The highest BCUT2D eigenvalue weighted by atomic mass is 16.5. The van der Waals surface area contributed by atoms with E-state index in [0.29, 0.717) is 0 Å². The van der Waals surface area contributed by atoms with Gasteiger partial charge < -0.3 is 9.47 Å². The fraction of sp³-hybridized carbons (Fsp3) is 0.933. The van der Waals surface area contributed by atoms with E-state index in [0.717, 1.165) is 45.3 Å². The molecule has 0 rings (SSSR count). The summed E-state index contributed by atoms with van der Waals surface area (Å²) in [6.07, 6.45) is 5.29. The van der Waals surface area contributed by atoms with Crippen molar-refractivity contribution in [1.29, 1.82) is 0 Å². The fourth-order valence-corrected chi connectivity index (χ4v) is 2.34. The summed E-state index contributed by atoms with van der Waals surface area (Å²) in [5, 5.41) is 0. The Morgan fingerprint density at radius 2 is 1.47 bits per heavy atom. The van der Waals surface area contributed by atoms with Gasteiger partial charge in [-0.25, -0.2) is 0 Å². The maximum absolute atomic E-state index is 5.86. The Bertz CT molecular complexity index is 181. The summed E-state index contributed by atoms with van der Waals surface area (Å²) in [7, 11) is 0. The van der Waals surface area contributed by atoms with E-state index in [4.69, 9.17) is 9.47 Å². The summed E-state index contributed by atoms with van der Waals surface area (Å²) in [6.45, 7) is 16.1. The first-order chi connectivity index (χ1) is 7.89. The smallest absolute Gasteiger partial charge is 0.0654 e. The summed E-state index contributed by atoms with van der Waals surface area (Å²) >= 11 is 0. The molecule has 1 unspecified atom stereocenters. The van der Waals surface area contributed by atoms with Crippen LogP contribution in [0.25, 0.3) is 0 Å². The molecule has 0 aliphatic heterocycles. The lowest BCUT2D eigenvalue weighted by atomic mass is 9.90. The molecule has 0 N–H and O–H groups in total. The summed E-state index contributed by atoms with van der Waals surface area (Å²) in [6, 6.07) is 0. The normalized spacial score (nSPS) is 15.9. The van der Waals surface area contributed by atoms with Crippen LogP contribution in [0.5, 0.6) is 0 Å². The van der Waals surface area contributed by atoms with Gasteiger partial charge in [0.25, 0.3) is 0 Å². The third kappa shape index (κ3) is 7.77. The maximum atomic E-state index is 5.86. The Balaban J connectivity index is 4.05. The summed E-state index contributed by atoms with van der Waals surface area (Å²) < 4.78 is 11.6. The lowest BCUT2D eigenvalue weighted by molar-refractivity contribution is -0.0500. The SMILES string of the molecule is [CH2]CCC(C)(CCCC(C)(C)OCC)OCC. The van der Waals surface area contributed by atoms with E-state index in [1.54, 1.807) is 0 Å². The predicted octanol–water partition coefficient (Wildman–Crippen LogP) is 4.38. The average molecular weight is 243 g/mol.